The van der Waals surface area contributed by atoms with Crippen molar-refractivity contribution >= 4 is 29.3 Å². The van der Waals surface area contributed by atoms with E-state index in [2.05, 4.69) is 5.32 Å². The van der Waals surface area contributed by atoms with Crippen molar-refractivity contribution in [1.29, 1.82) is 0 Å². The molecule has 0 spiro atoms. The highest BCUT2D eigenvalue weighted by molar-refractivity contribution is 6.35. The predicted octanol–water partition coefficient (Wildman–Crippen LogP) is 1.97. The topological polar surface area (TPSA) is 69.7 Å². The maximum absolute atomic E-state index is 13.0. The Morgan fingerprint density at radius 1 is 1.00 bits per heavy atom. The number of nitrogens with one attached hydrogen (secondary N) is 1. The van der Waals surface area contributed by atoms with Gasteiger partial charge in [0.2, 0.25) is 5.91 Å². The van der Waals surface area contributed by atoms with E-state index < -0.39 is 11.8 Å². The second-order valence-corrected chi connectivity index (χ2v) is 6.86. The molecule has 2 aromatic rings. The second kappa shape index (κ2) is 8.84. The number of hydrogen-bond acceptors (Lipinski definition) is 3. The number of hydrogen-bond donors (Lipinski definition) is 1. The zero-order chi connectivity index (χ0) is 20.1. The van der Waals surface area contributed by atoms with E-state index in [1.807, 2.05) is 6.07 Å². The molecule has 1 heterocycles. The van der Waals surface area contributed by atoms with Gasteiger partial charge in [0.1, 0.15) is 12.4 Å². The minimum Gasteiger partial charge on any atom is -0.350 e. The van der Waals surface area contributed by atoms with E-state index >= 15 is 0 Å². The molecule has 146 valence electrons. The lowest BCUT2D eigenvalue weighted by Gasteiger charge is -2.33. The fraction of sp³-hybridized carbons (Fsp3) is 0.250. The first kappa shape index (κ1) is 19.8. The van der Waals surface area contributed by atoms with Gasteiger partial charge in [-0.25, -0.2) is 4.39 Å². The average Bonchev–Trinajstić information content (AvgIpc) is 2.69. The van der Waals surface area contributed by atoms with Crippen LogP contribution in [0.15, 0.2) is 48.5 Å². The quantitative estimate of drug-likeness (QED) is 0.750. The van der Waals surface area contributed by atoms with Crippen LogP contribution in [0.25, 0.3) is 0 Å². The van der Waals surface area contributed by atoms with E-state index in [0.717, 1.165) is 11.1 Å². The van der Waals surface area contributed by atoms with Crippen LogP contribution >= 0.6 is 11.6 Å². The molecule has 28 heavy (non-hydrogen) atoms. The van der Waals surface area contributed by atoms with Gasteiger partial charge in [-0.05, 0) is 29.3 Å². The van der Waals surface area contributed by atoms with Gasteiger partial charge in [-0.3, -0.25) is 14.4 Å². The molecule has 8 heteroatoms. The lowest BCUT2D eigenvalue weighted by atomic mass is 10.2. The smallest absolute Gasteiger partial charge is 0.312 e. The molecular formula is C20H19ClFN3O3. The average molecular weight is 404 g/mol. The van der Waals surface area contributed by atoms with Crippen LogP contribution in [0.3, 0.4) is 0 Å². The van der Waals surface area contributed by atoms with Crippen LogP contribution in [0.2, 0.25) is 5.02 Å². The van der Waals surface area contributed by atoms with Crippen molar-refractivity contribution in [3.8, 4) is 0 Å². The molecule has 0 saturated carbocycles. The summed E-state index contributed by atoms with van der Waals surface area (Å²) < 4.78 is 13.0. The highest BCUT2D eigenvalue weighted by atomic mass is 35.5. The second-order valence-electron chi connectivity index (χ2n) is 6.45. The zero-order valence-electron chi connectivity index (χ0n) is 15.0. The number of halogens is 2. The normalized spacial score (nSPS) is 14.4. The largest absolute Gasteiger partial charge is 0.350 e. The SMILES string of the molecule is O=C(CN1CCN(Cc2ccc(F)cc2)C(=O)C1=O)NCc1ccccc1Cl. The Morgan fingerprint density at radius 2 is 1.64 bits per heavy atom. The van der Waals surface area contributed by atoms with Gasteiger partial charge in [0.15, 0.2) is 0 Å². The van der Waals surface area contributed by atoms with E-state index in [9.17, 15) is 18.8 Å². The Balaban J connectivity index is 1.52. The molecule has 0 bridgehead atoms. The van der Waals surface area contributed by atoms with Crippen molar-refractivity contribution in [1.82, 2.24) is 15.1 Å². The lowest BCUT2D eigenvalue weighted by Crippen LogP contribution is -2.55. The minimum atomic E-state index is -0.721. The molecule has 1 saturated heterocycles. The van der Waals surface area contributed by atoms with E-state index in [4.69, 9.17) is 11.6 Å². The van der Waals surface area contributed by atoms with Crippen molar-refractivity contribution in [2.45, 2.75) is 13.1 Å². The molecule has 0 aliphatic carbocycles. The highest BCUT2D eigenvalue weighted by Gasteiger charge is 2.33. The van der Waals surface area contributed by atoms with Crippen molar-refractivity contribution < 1.29 is 18.8 Å². The summed E-state index contributed by atoms with van der Waals surface area (Å²) in [6.45, 7) is 0.826. The van der Waals surface area contributed by atoms with Gasteiger partial charge in [-0.2, -0.15) is 0 Å². The Kier molecular flexibility index (Phi) is 6.26. The Bertz CT molecular complexity index is 889. The first-order valence-electron chi connectivity index (χ1n) is 8.77. The number of amides is 3. The molecule has 2 aromatic carbocycles. The fourth-order valence-corrected chi connectivity index (χ4v) is 3.09. The molecule has 0 aromatic heterocycles. The summed E-state index contributed by atoms with van der Waals surface area (Å²) in [7, 11) is 0. The van der Waals surface area contributed by atoms with E-state index in [-0.39, 0.29) is 37.9 Å². The van der Waals surface area contributed by atoms with Gasteiger partial charge in [0.05, 0.1) is 0 Å². The van der Waals surface area contributed by atoms with Gasteiger partial charge in [-0.1, -0.05) is 41.9 Å². The van der Waals surface area contributed by atoms with Crippen LogP contribution in [0.5, 0.6) is 0 Å². The van der Waals surface area contributed by atoms with Crippen LogP contribution in [0.1, 0.15) is 11.1 Å². The van der Waals surface area contributed by atoms with Crippen LogP contribution in [-0.4, -0.2) is 47.2 Å². The molecule has 1 fully saturated rings. The molecular weight excluding hydrogens is 385 g/mol. The summed E-state index contributed by atoms with van der Waals surface area (Å²) in [6.07, 6.45) is 0. The summed E-state index contributed by atoms with van der Waals surface area (Å²) in [5, 5.41) is 3.25. The summed E-state index contributed by atoms with van der Waals surface area (Å²) in [5.41, 5.74) is 1.50. The predicted molar refractivity (Wildman–Crippen MR) is 102 cm³/mol. The van der Waals surface area contributed by atoms with Crippen LogP contribution in [0, 0.1) is 5.82 Å². The number of nitrogens with zero attached hydrogens (tertiary/aromatic N) is 2. The highest BCUT2D eigenvalue weighted by Crippen LogP contribution is 2.14. The van der Waals surface area contributed by atoms with E-state index in [1.54, 1.807) is 30.3 Å². The first-order chi connectivity index (χ1) is 13.4. The third-order valence-corrected chi connectivity index (χ3v) is 4.82. The van der Waals surface area contributed by atoms with E-state index in [1.165, 1.54) is 21.9 Å². The molecule has 3 amide bonds. The Labute approximate surface area is 166 Å². The molecule has 6 nitrogen and oxygen atoms in total. The third kappa shape index (κ3) is 4.86. The van der Waals surface area contributed by atoms with Crippen molar-refractivity contribution in [3.63, 3.8) is 0 Å². The molecule has 1 aliphatic rings. The number of benzene rings is 2. The third-order valence-electron chi connectivity index (χ3n) is 4.45. The summed E-state index contributed by atoms with van der Waals surface area (Å²) >= 11 is 6.05. The minimum absolute atomic E-state index is 0.195. The molecule has 3 rings (SSSR count). The molecule has 0 unspecified atom stereocenters. The van der Waals surface area contributed by atoms with Gasteiger partial charge < -0.3 is 15.1 Å². The number of carbonyl (C=O) groups is 3. The number of carbonyl (C=O) groups excluding carboxylic acids is 3. The molecule has 1 aliphatic heterocycles. The lowest BCUT2D eigenvalue weighted by molar-refractivity contribution is -0.157. The summed E-state index contributed by atoms with van der Waals surface area (Å²) in [4.78, 5) is 39.4. The molecule has 1 N–H and O–H groups in total. The fourth-order valence-electron chi connectivity index (χ4n) is 2.89. The monoisotopic (exact) mass is 403 g/mol. The van der Waals surface area contributed by atoms with E-state index in [0.29, 0.717) is 11.6 Å². The van der Waals surface area contributed by atoms with Crippen LogP contribution < -0.4 is 5.32 Å². The Morgan fingerprint density at radius 3 is 2.36 bits per heavy atom. The van der Waals surface area contributed by atoms with Crippen molar-refractivity contribution in [3.05, 3.63) is 70.5 Å². The summed E-state index contributed by atoms with van der Waals surface area (Å²) in [6, 6.07) is 12.9. The molecule has 0 radical (unpaired) electrons. The zero-order valence-corrected chi connectivity index (χ0v) is 15.8. The van der Waals surface area contributed by atoms with Crippen molar-refractivity contribution in [2.75, 3.05) is 19.6 Å². The number of piperazine rings is 1. The maximum Gasteiger partial charge on any atom is 0.312 e. The maximum atomic E-state index is 13.0. The van der Waals surface area contributed by atoms with Gasteiger partial charge in [0.25, 0.3) is 0 Å². The molecule has 0 atom stereocenters. The van der Waals surface area contributed by atoms with Crippen LogP contribution in [-0.2, 0) is 27.5 Å². The standard InChI is InChI=1S/C20H19ClFN3O3/c21-17-4-2-1-3-15(17)11-23-18(26)13-25-10-9-24(19(27)20(25)28)12-14-5-7-16(22)8-6-14/h1-8H,9-13H2,(H,23,26). The van der Waals surface area contributed by atoms with Crippen molar-refractivity contribution in [2.24, 2.45) is 0 Å². The first-order valence-corrected chi connectivity index (χ1v) is 9.14. The number of rotatable bonds is 6. The Hall–Kier alpha value is -2.93. The van der Waals surface area contributed by atoms with Gasteiger partial charge in [-0.15, -0.1) is 0 Å². The summed E-state index contributed by atoms with van der Waals surface area (Å²) in [5.74, 6) is -2.12. The van der Waals surface area contributed by atoms with Crippen LogP contribution in [0.4, 0.5) is 4.39 Å². The van der Waals surface area contributed by atoms with Gasteiger partial charge in [0, 0.05) is 31.2 Å². The van der Waals surface area contributed by atoms with Gasteiger partial charge >= 0.3 is 11.8 Å².